The summed E-state index contributed by atoms with van der Waals surface area (Å²) in [5, 5.41) is 9.42. The zero-order valence-electron chi connectivity index (χ0n) is 8.94. The standard InChI is InChI=1S/C12H9FO4/c1-6(14)9-10(15)12(16)17-11(9)7-3-2-4-8(13)5-7/h2-5,11,15H,1H3. The Kier molecular flexibility index (Phi) is 2.67. The van der Waals surface area contributed by atoms with Gasteiger partial charge in [-0.1, -0.05) is 12.1 Å². The molecule has 2 rings (SSSR count). The highest BCUT2D eigenvalue weighted by Crippen LogP contribution is 2.34. The maximum atomic E-state index is 13.0. The number of esters is 1. The molecule has 0 spiro atoms. The highest BCUT2D eigenvalue weighted by atomic mass is 19.1. The molecule has 17 heavy (non-hydrogen) atoms. The summed E-state index contributed by atoms with van der Waals surface area (Å²) in [5.74, 6) is -2.66. The van der Waals surface area contributed by atoms with Crippen molar-refractivity contribution in [3.63, 3.8) is 0 Å². The lowest BCUT2D eigenvalue weighted by molar-refractivity contribution is -0.142. The van der Waals surface area contributed by atoms with Gasteiger partial charge in [0.05, 0.1) is 5.57 Å². The number of benzene rings is 1. The average Bonchev–Trinajstić information content (AvgIpc) is 2.55. The summed E-state index contributed by atoms with van der Waals surface area (Å²) in [5.41, 5.74) is 0.174. The number of carbonyl (C=O) groups is 2. The van der Waals surface area contributed by atoms with Crippen LogP contribution in [0.3, 0.4) is 0 Å². The van der Waals surface area contributed by atoms with E-state index in [1.165, 1.54) is 25.1 Å². The SMILES string of the molecule is CC(=O)C1=C(O)C(=O)OC1c1cccc(F)c1. The lowest BCUT2D eigenvalue weighted by Gasteiger charge is -2.11. The molecule has 1 aromatic rings. The van der Waals surface area contributed by atoms with Crippen LogP contribution in [0, 0.1) is 5.82 Å². The molecule has 1 aliphatic heterocycles. The molecule has 0 amide bonds. The quantitative estimate of drug-likeness (QED) is 0.795. The van der Waals surface area contributed by atoms with E-state index in [1.54, 1.807) is 0 Å². The van der Waals surface area contributed by atoms with E-state index in [9.17, 15) is 19.1 Å². The molecular formula is C12H9FO4. The van der Waals surface area contributed by atoms with Gasteiger partial charge in [0, 0.05) is 5.56 Å². The second kappa shape index (κ2) is 4.01. The zero-order valence-corrected chi connectivity index (χ0v) is 8.94. The molecule has 1 unspecified atom stereocenters. The van der Waals surface area contributed by atoms with Crippen molar-refractivity contribution in [3.05, 3.63) is 47.0 Å². The molecule has 4 nitrogen and oxygen atoms in total. The Balaban J connectivity index is 2.47. The second-order valence-corrected chi connectivity index (χ2v) is 3.66. The number of aliphatic hydroxyl groups excluding tert-OH is 1. The molecule has 1 atom stereocenters. The van der Waals surface area contributed by atoms with Crippen LogP contribution in [-0.4, -0.2) is 16.9 Å². The maximum Gasteiger partial charge on any atom is 0.374 e. The topological polar surface area (TPSA) is 63.6 Å². The third-order valence-electron chi connectivity index (χ3n) is 2.47. The van der Waals surface area contributed by atoms with E-state index in [2.05, 4.69) is 0 Å². The van der Waals surface area contributed by atoms with Gasteiger partial charge in [-0.15, -0.1) is 0 Å². The van der Waals surface area contributed by atoms with Crippen molar-refractivity contribution in [2.75, 3.05) is 0 Å². The van der Waals surface area contributed by atoms with Gasteiger partial charge < -0.3 is 9.84 Å². The van der Waals surface area contributed by atoms with E-state index in [0.29, 0.717) is 5.56 Å². The van der Waals surface area contributed by atoms with Crippen molar-refractivity contribution in [1.29, 1.82) is 0 Å². The minimum atomic E-state index is -1.03. The first-order valence-corrected chi connectivity index (χ1v) is 4.91. The van der Waals surface area contributed by atoms with Gasteiger partial charge in [0.2, 0.25) is 5.76 Å². The molecule has 0 aromatic heterocycles. The van der Waals surface area contributed by atoms with Gasteiger partial charge >= 0.3 is 5.97 Å². The van der Waals surface area contributed by atoms with Crippen molar-refractivity contribution in [2.24, 2.45) is 0 Å². The molecule has 88 valence electrons. The van der Waals surface area contributed by atoms with Crippen LogP contribution in [0.2, 0.25) is 0 Å². The van der Waals surface area contributed by atoms with Crippen LogP contribution in [-0.2, 0) is 14.3 Å². The number of aliphatic hydroxyl groups is 1. The predicted molar refractivity (Wildman–Crippen MR) is 55.6 cm³/mol. The summed E-state index contributed by atoms with van der Waals surface area (Å²) >= 11 is 0. The van der Waals surface area contributed by atoms with Crippen LogP contribution >= 0.6 is 0 Å². The lowest BCUT2D eigenvalue weighted by Crippen LogP contribution is -2.08. The molecule has 1 heterocycles. The number of hydrogen-bond donors (Lipinski definition) is 1. The zero-order chi connectivity index (χ0) is 12.6. The summed E-state index contributed by atoms with van der Waals surface area (Å²) < 4.78 is 17.9. The fraction of sp³-hybridized carbons (Fsp3) is 0.167. The van der Waals surface area contributed by atoms with Gasteiger partial charge in [-0.3, -0.25) is 4.79 Å². The number of Topliss-reactive ketones (excluding diaryl/α,β-unsaturated/α-hetero) is 1. The minimum absolute atomic E-state index is 0.138. The van der Waals surface area contributed by atoms with Crippen molar-refractivity contribution < 1.29 is 23.8 Å². The summed E-state index contributed by atoms with van der Waals surface area (Å²) in [6.45, 7) is 1.21. The number of halogens is 1. The Hall–Kier alpha value is -2.17. The van der Waals surface area contributed by atoms with Crippen molar-refractivity contribution >= 4 is 11.8 Å². The fourth-order valence-electron chi connectivity index (χ4n) is 1.71. The van der Waals surface area contributed by atoms with Gasteiger partial charge in [0.25, 0.3) is 0 Å². The molecule has 0 saturated carbocycles. The second-order valence-electron chi connectivity index (χ2n) is 3.66. The summed E-state index contributed by atoms with van der Waals surface area (Å²) in [6.07, 6.45) is -1.03. The highest BCUT2D eigenvalue weighted by Gasteiger charge is 2.37. The van der Waals surface area contributed by atoms with Gasteiger partial charge in [0.1, 0.15) is 5.82 Å². The van der Waals surface area contributed by atoms with Crippen LogP contribution in [0.4, 0.5) is 4.39 Å². The normalized spacial score (nSPS) is 19.4. The molecule has 0 aliphatic carbocycles. The van der Waals surface area contributed by atoms with Gasteiger partial charge in [0.15, 0.2) is 11.9 Å². The van der Waals surface area contributed by atoms with E-state index >= 15 is 0 Å². The molecular weight excluding hydrogens is 227 g/mol. The lowest BCUT2D eigenvalue weighted by atomic mass is 9.99. The molecule has 1 aromatic carbocycles. The van der Waals surface area contributed by atoms with Crippen LogP contribution < -0.4 is 0 Å². The van der Waals surface area contributed by atoms with E-state index in [-0.39, 0.29) is 5.57 Å². The van der Waals surface area contributed by atoms with Crippen molar-refractivity contribution in [1.82, 2.24) is 0 Å². The van der Waals surface area contributed by atoms with Crippen LogP contribution in [0.5, 0.6) is 0 Å². The highest BCUT2D eigenvalue weighted by molar-refractivity contribution is 6.05. The molecule has 0 fully saturated rings. The third kappa shape index (κ3) is 1.91. The van der Waals surface area contributed by atoms with Gasteiger partial charge in [-0.25, -0.2) is 9.18 Å². The third-order valence-corrected chi connectivity index (χ3v) is 2.47. The molecule has 1 N–H and O–H groups in total. The Bertz CT molecular complexity index is 533. The number of ketones is 1. The van der Waals surface area contributed by atoms with E-state index in [1.807, 2.05) is 0 Å². The van der Waals surface area contributed by atoms with E-state index in [4.69, 9.17) is 4.74 Å². The Morgan fingerprint density at radius 2 is 2.18 bits per heavy atom. The number of carbonyl (C=O) groups excluding carboxylic acids is 2. The first-order valence-electron chi connectivity index (χ1n) is 4.91. The first-order chi connectivity index (χ1) is 8.00. The molecule has 0 saturated heterocycles. The Morgan fingerprint density at radius 1 is 1.47 bits per heavy atom. The summed E-state index contributed by atoms with van der Waals surface area (Å²) in [6, 6.07) is 5.34. The van der Waals surface area contributed by atoms with Gasteiger partial charge in [-0.05, 0) is 19.1 Å². The maximum absolute atomic E-state index is 13.0. The minimum Gasteiger partial charge on any atom is -0.501 e. The molecule has 1 aliphatic rings. The number of ether oxygens (including phenoxy) is 1. The van der Waals surface area contributed by atoms with E-state index in [0.717, 1.165) is 6.07 Å². The van der Waals surface area contributed by atoms with Crippen LogP contribution in [0.15, 0.2) is 35.6 Å². The Morgan fingerprint density at radius 3 is 2.76 bits per heavy atom. The summed E-state index contributed by atoms with van der Waals surface area (Å²) in [7, 11) is 0. The fourth-order valence-corrected chi connectivity index (χ4v) is 1.71. The summed E-state index contributed by atoms with van der Waals surface area (Å²) in [4.78, 5) is 22.5. The van der Waals surface area contributed by atoms with Gasteiger partial charge in [-0.2, -0.15) is 0 Å². The van der Waals surface area contributed by atoms with Crippen LogP contribution in [0.25, 0.3) is 0 Å². The molecule has 0 radical (unpaired) electrons. The largest absolute Gasteiger partial charge is 0.501 e. The average molecular weight is 236 g/mol. The van der Waals surface area contributed by atoms with E-state index < -0.39 is 29.4 Å². The smallest absolute Gasteiger partial charge is 0.374 e. The first kappa shape index (κ1) is 11.3. The van der Waals surface area contributed by atoms with Crippen molar-refractivity contribution in [2.45, 2.75) is 13.0 Å². The molecule has 5 heteroatoms. The predicted octanol–water partition coefficient (Wildman–Crippen LogP) is 1.82. The Labute approximate surface area is 96.3 Å². The number of cyclic esters (lactones) is 1. The van der Waals surface area contributed by atoms with Crippen LogP contribution in [0.1, 0.15) is 18.6 Å². The van der Waals surface area contributed by atoms with Crippen molar-refractivity contribution in [3.8, 4) is 0 Å². The number of hydrogen-bond acceptors (Lipinski definition) is 4. The monoisotopic (exact) mass is 236 g/mol. The number of rotatable bonds is 2. The molecule has 0 bridgehead atoms.